The lowest BCUT2D eigenvalue weighted by molar-refractivity contribution is -0.134. The number of benzene rings is 1. The van der Waals surface area contributed by atoms with E-state index in [4.69, 9.17) is 0 Å². The molecule has 0 radical (unpaired) electrons. The van der Waals surface area contributed by atoms with E-state index in [2.05, 4.69) is 52.4 Å². The first-order valence-corrected chi connectivity index (χ1v) is 11.4. The van der Waals surface area contributed by atoms with Gasteiger partial charge in [-0.25, -0.2) is 0 Å². The Labute approximate surface area is 174 Å². The van der Waals surface area contributed by atoms with Crippen LogP contribution in [0.3, 0.4) is 0 Å². The van der Waals surface area contributed by atoms with Gasteiger partial charge in [0.15, 0.2) is 0 Å². The van der Waals surface area contributed by atoms with E-state index in [-0.39, 0.29) is 17.7 Å². The van der Waals surface area contributed by atoms with Gasteiger partial charge in [0, 0.05) is 12.5 Å². The molecule has 0 spiro atoms. The third-order valence-electron chi connectivity index (χ3n) is 6.40. The maximum Gasteiger partial charge on any atom is 0.234 e. The number of carbonyl (C=O) groups excluding carboxylic acids is 2. The van der Waals surface area contributed by atoms with Crippen molar-refractivity contribution in [1.82, 2.24) is 15.5 Å². The predicted molar refractivity (Wildman–Crippen MR) is 116 cm³/mol. The van der Waals surface area contributed by atoms with Crippen LogP contribution in [0.1, 0.15) is 61.5 Å². The first-order chi connectivity index (χ1) is 13.7. The average Bonchev–Trinajstić information content (AvgIpc) is 2.76. The van der Waals surface area contributed by atoms with Gasteiger partial charge in [-0.05, 0) is 81.6 Å². The fourth-order valence-electron chi connectivity index (χ4n) is 4.78. The molecule has 1 aromatic carbocycles. The highest BCUT2D eigenvalue weighted by atomic mass is 32.1. The lowest BCUT2D eigenvalue weighted by atomic mass is 9.85. The second-order valence-electron chi connectivity index (χ2n) is 7.96. The summed E-state index contributed by atoms with van der Waals surface area (Å²) in [5.74, 6) is 0.153. The fraction of sp³-hybridized carbons (Fsp3) is 0.636. The van der Waals surface area contributed by atoms with Crippen LogP contribution in [0.2, 0.25) is 0 Å². The zero-order chi connectivity index (χ0) is 19.9. The van der Waals surface area contributed by atoms with E-state index in [0.29, 0.717) is 18.8 Å². The molecule has 1 unspecified atom stereocenters. The molecule has 3 aliphatic heterocycles. The quantitative estimate of drug-likeness (QED) is 0.536. The number of nitrogens with zero attached hydrogens (tertiary/aromatic N) is 1. The minimum absolute atomic E-state index is 0.149. The molecular formula is C22H33N3O2S. The van der Waals surface area contributed by atoms with E-state index < -0.39 is 0 Å². The van der Waals surface area contributed by atoms with Crippen molar-refractivity contribution in [2.75, 3.05) is 32.4 Å². The summed E-state index contributed by atoms with van der Waals surface area (Å²) in [7, 11) is 0. The molecule has 1 atom stereocenters. The van der Waals surface area contributed by atoms with Gasteiger partial charge in [-0.3, -0.25) is 14.9 Å². The molecule has 2 amide bonds. The summed E-state index contributed by atoms with van der Waals surface area (Å²) in [6, 6.07) is 9.35. The van der Waals surface area contributed by atoms with Crippen molar-refractivity contribution in [3.8, 4) is 0 Å². The Morgan fingerprint density at radius 1 is 0.893 bits per heavy atom. The number of carbonyl (C=O) groups is 2. The van der Waals surface area contributed by atoms with E-state index in [1.165, 1.54) is 44.3 Å². The molecule has 3 saturated heterocycles. The molecule has 4 rings (SSSR count). The maximum absolute atomic E-state index is 12.0. The number of imide groups is 1. The Balaban J connectivity index is 0.00000109. The van der Waals surface area contributed by atoms with Gasteiger partial charge in [-0.1, -0.05) is 24.3 Å². The van der Waals surface area contributed by atoms with Crippen molar-refractivity contribution in [3.63, 3.8) is 0 Å². The molecule has 0 aliphatic carbocycles. The molecule has 3 aliphatic rings. The Morgan fingerprint density at radius 3 is 2.11 bits per heavy atom. The number of likely N-dealkylation sites (tertiary alicyclic amines) is 1. The number of piperidine rings is 3. The minimum atomic E-state index is -0.177. The Hall–Kier alpha value is -1.37. The first-order valence-electron chi connectivity index (χ1n) is 10.5. The molecule has 0 aromatic heterocycles. The number of amides is 2. The van der Waals surface area contributed by atoms with Crippen LogP contribution in [0.5, 0.6) is 0 Å². The van der Waals surface area contributed by atoms with Crippen LogP contribution in [-0.2, 0) is 9.59 Å². The van der Waals surface area contributed by atoms with Gasteiger partial charge in [0.25, 0.3) is 0 Å². The minimum Gasteiger partial charge on any atom is -0.317 e. The summed E-state index contributed by atoms with van der Waals surface area (Å²) in [6.45, 7) is 4.72. The van der Waals surface area contributed by atoms with Gasteiger partial charge in [0.2, 0.25) is 11.8 Å². The molecule has 6 heteroatoms. The van der Waals surface area contributed by atoms with E-state index in [1.54, 1.807) is 6.26 Å². The Bertz CT molecular complexity index is 650. The molecule has 154 valence electrons. The van der Waals surface area contributed by atoms with Gasteiger partial charge >= 0.3 is 0 Å². The highest BCUT2D eigenvalue weighted by Gasteiger charge is 2.29. The lowest BCUT2D eigenvalue weighted by Gasteiger charge is -2.39. The molecule has 0 bridgehead atoms. The van der Waals surface area contributed by atoms with E-state index >= 15 is 0 Å². The van der Waals surface area contributed by atoms with Crippen LogP contribution >= 0.6 is 12.6 Å². The third-order valence-corrected chi connectivity index (χ3v) is 6.40. The molecule has 2 N–H and O–H groups in total. The number of hydrogen-bond acceptors (Lipinski definition) is 5. The Morgan fingerprint density at radius 2 is 1.50 bits per heavy atom. The van der Waals surface area contributed by atoms with Crippen LogP contribution in [-0.4, -0.2) is 55.2 Å². The zero-order valence-corrected chi connectivity index (χ0v) is 17.7. The number of nitrogens with one attached hydrogen (secondary N) is 2. The van der Waals surface area contributed by atoms with Crippen molar-refractivity contribution in [3.05, 3.63) is 35.4 Å². The summed E-state index contributed by atoms with van der Waals surface area (Å²) >= 11 is 3.53. The van der Waals surface area contributed by atoms with E-state index in [0.717, 1.165) is 24.7 Å². The summed E-state index contributed by atoms with van der Waals surface area (Å²) < 4.78 is 0. The topological polar surface area (TPSA) is 61.4 Å². The maximum atomic E-state index is 12.0. The molecule has 1 aromatic rings. The molecule has 3 fully saturated rings. The monoisotopic (exact) mass is 403 g/mol. The number of rotatable bonds is 3. The zero-order valence-electron chi connectivity index (χ0n) is 16.8. The fourth-order valence-corrected chi connectivity index (χ4v) is 4.78. The van der Waals surface area contributed by atoms with Gasteiger partial charge in [0.05, 0.1) is 5.92 Å². The van der Waals surface area contributed by atoms with Crippen LogP contribution in [0.15, 0.2) is 24.3 Å². The molecule has 5 nitrogen and oxygen atoms in total. The molecular weight excluding hydrogens is 370 g/mol. The summed E-state index contributed by atoms with van der Waals surface area (Å²) in [6.07, 6.45) is 7.77. The average molecular weight is 404 g/mol. The van der Waals surface area contributed by atoms with Crippen molar-refractivity contribution < 1.29 is 9.59 Å². The van der Waals surface area contributed by atoms with E-state index in [1.807, 2.05) is 0 Å². The third kappa shape index (κ3) is 5.16. The molecule has 3 heterocycles. The van der Waals surface area contributed by atoms with Gasteiger partial charge in [-0.2, -0.15) is 12.6 Å². The second kappa shape index (κ2) is 10.4. The second-order valence-corrected chi connectivity index (χ2v) is 7.96. The van der Waals surface area contributed by atoms with Crippen molar-refractivity contribution in [2.24, 2.45) is 0 Å². The lowest BCUT2D eigenvalue weighted by Crippen LogP contribution is -2.46. The Kier molecular flexibility index (Phi) is 7.94. The van der Waals surface area contributed by atoms with Crippen LogP contribution in [0.25, 0.3) is 0 Å². The smallest absolute Gasteiger partial charge is 0.234 e. The first kappa shape index (κ1) is 21.3. The van der Waals surface area contributed by atoms with Crippen LogP contribution in [0.4, 0.5) is 0 Å². The number of hydrogen-bond donors (Lipinski definition) is 3. The van der Waals surface area contributed by atoms with Crippen molar-refractivity contribution in [2.45, 2.75) is 56.4 Å². The van der Waals surface area contributed by atoms with Gasteiger partial charge < -0.3 is 10.2 Å². The number of thiol groups is 1. The largest absolute Gasteiger partial charge is 0.317 e. The molecule has 0 saturated carbocycles. The SMILES string of the molecule is CS.O=C1CCC(c2ccc(C3CCN(C4CCNCC4)CC3)cc2)C(=O)N1. The highest BCUT2D eigenvalue weighted by molar-refractivity contribution is 7.79. The van der Waals surface area contributed by atoms with E-state index in [9.17, 15) is 9.59 Å². The normalized spacial score (nSPS) is 25.0. The van der Waals surface area contributed by atoms with Crippen molar-refractivity contribution in [1.29, 1.82) is 0 Å². The van der Waals surface area contributed by atoms with Crippen LogP contribution in [0, 0.1) is 0 Å². The van der Waals surface area contributed by atoms with Gasteiger partial charge in [0.1, 0.15) is 0 Å². The summed E-state index contributed by atoms with van der Waals surface area (Å²) in [5, 5.41) is 5.91. The van der Waals surface area contributed by atoms with Crippen molar-refractivity contribution >= 4 is 24.4 Å². The summed E-state index contributed by atoms with van der Waals surface area (Å²) in [5.41, 5.74) is 2.43. The molecule has 28 heavy (non-hydrogen) atoms. The van der Waals surface area contributed by atoms with Gasteiger partial charge in [-0.15, -0.1) is 0 Å². The predicted octanol–water partition coefficient (Wildman–Crippen LogP) is 2.68. The standard InChI is InChI=1S/C21H29N3O2.CH4S/c25-20-6-5-19(21(26)23-20)17-3-1-15(2-4-17)16-9-13-24(14-10-16)18-7-11-22-12-8-18;1-2/h1-4,16,18-19,22H,5-14H2,(H,23,25,26);2H,1H3. The summed E-state index contributed by atoms with van der Waals surface area (Å²) in [4.78, 5) is 26.0. The van der Waals surface area contributed by atoms with Crippen LogP contribution < -0.4 is 10.6 Å². The highest BCUT2D eigenvalue weighted by Crippen LogP contribution is 2.32.